The van der Waals surface area contributed by atoms with E-state index in [1.165, 1.54) is 22.5 Å². The van der Waals surface area contributed by atoms with Crippen LogP contribution < -0.4 is 9.64 Å². The van der Waals surface area contributed by atoms with Crippen LogP contribution in [0.5, 0.6) is 5.75 Å². The monoisotopic (exact) mass is 354 g/mol. The fourth-order valence-electron chi connectivity index (χ4n) is 3.79. The summed E-state index contributed by atoms with van der Waals surface area (Å²) in [5.74, 6) is 0.934. The molecule has 0 spiro atoms. The Morgan fingerprint density at radius 1 is 0.960 bits per heavy atom. The first-order valence-electron chi connectivity index (χ1n) is 8.87. The van der Waals surface area contributed by atoms with Gasteiger partial charge in [0.05, 0.1) is 7.11 Å². The van der Waals surface area contributed by atoms with Crippen LogP contribution in [0.1, 0.15) is 17.5 Å². The normalized spacial score (nSPS) is 17.1. The minimum Gasteiger partial charge on any atom is -0.497 e. The van der Waals surface area contributed by atoms with Gasteiger partial charge < -0.3 is 14.5 Å². The van der Waals surface area contributed by atoms with E-state index >= 15 is 0 Å². The summed E-state index contributed by atoms with van der Waals surface area (Å²) in [6, 6.07) is 14.6. The molecule has 2 aliphatic rings. The summed E-state index contributed by atoms with van der Waals surface area (Å²) in [5, 5.41) is 0.802. The van der Waals surface area contributed by atoms with Gasteiger partial charge in [-0.1, -0.05) is 29.8 Å². The second-order valence-corrected chi connectivity index (χ2v) is 7.04. The molecule has 0 radical (unpaired) electrons. The number of benzene rings is 2. The Labute approximate surface area is 154 Å². The minimum absolute atomic E-state index is 0.802. The van der Waals surface area contributed by atoms with Gasteiger partial charge in [0.1, 0.15) is 5.75 Å². The molecule has 0 atom stereocenters. The number of aryl methyl sites for hydroxylation is 1. The van der Waals surface area contributed by atoms with Crippen molar-refractivity contribution in [3.8, 4) is 5.75 Å². The van der Waals surface area contributed by atoms with Crippen molar-refractivity contribution >= 4 is 23.0 Å². The van der Waals surface area contributed by atoms with Gasteiger partial charge in [0.25, 0.3) is 0 Å². The highest BCUT2D eigenvalue weighted by Gasteiger charge is 2.23. The van der Waals surface area contributed by atoms with Crippen LogP contribution in [-0.4, -0.2) is 38.2 Å². The van der Waals surface area contributed by atoms with Gasteiger partial charge in [-0.15, -0.1) is 0 Å². The van der Waals surface area contributed by atoms with E-state index in [4.69, 9.17) is 16.3 Å². The second kappa shape index (κ2) is 7.01. The van der Waals surface area contributed by atoms with E-state index in [2.05, 4.69) is 46.2 Å². The number of rotatable bonds is 3. The predicted molar refractivity (Wildman–Crippen MR) is 105 cm³/mol. The fourth-order valence-corrected chi connectivity index (χ4v) is 3.98. The number of hydrogen-bond donors (Lipinski definition) is 0. The number of allylic oxidation sites excluding steroid dienone is 1. The zero-order valence-electron chi connectivity index (χ0n) is 14.5. The molecular weight excluding hydrogens is 332 g/mol. The molecule has 3 nitrogen and oxygen atoms in total. The summed E-state index contributed by atoms with van der Waals surface area (Å²) in [5.41, 5.74) is 5.34. The zero-order chi connectivity index (χ0) is 17.2. The number of hydrogen-bond acceptors (Lipinski definition) is 3. The summed E-state index contributed by atoms with van der Waals surface area (Å²) >= 11 is 6.14. The lowest BCUT2D eigenvalue weighted by Crippen LogP contribution is -2.45. The summed E-state index contributed by atoms with van der Waals surface area (Å²) < 4.78 is 5.44. The summed E-state index contributed by atoms with van der Waals surface area (Å²) in [4.78, 5) is 4.93. The maximum atomic E-state index is 6.14. The molecule has 0 aromatic heterocycles. The van der Waals surface area contributed by atoms with Crippen molar-refractivity contribution in [1.82, 2.24) is 4.90 Å². The molecule has 0 bridgehead atoms. The lowest BCUT2D eigenvalue weighted by atomic mass is 9.93. The van der Waals surface area contributed by atoms with Crippen LogP contribution in [-0.2, 0) is 6.42 Å². The first-order valence-corrected chi connectivity index (χ1v) is 9.25. The third kappa shape index (κ3) is 3.34. The maximum absolute atomic E-state index is 6.14. The van der Waals surface area contributed by atoms with Gasteiger partial charge in [-0.3, -0.25) is 0 Å². The van der Waals surface area contributed by atoms with Crippen molar-refractivity contribution in [2.24, 2.45) is 0 Å². The Bertz CT molecular complexity index is 794. The zero-order valence-corrected chi connectivity index (χ0v) is 15.3. The average Bonchev–Trinajstić information content (AvgIpc) is 2.67. The number of fused-ring (bicyclic) bond motifs is 1. The third-order valence-electron chi connectivity index (χ3n) is 5.14. The molecule has 0 unspecified atom stereocenters. The van der Waals surface area contributed by atoms with Crippen molar-refractivity contribution in [2.75, 3.05) is 38.2 Å². The Morgan fingerprint density at radius 3 is 2.52 bits per heavy atom. The van der Waals surface area contributed by atoms with E-state index in [1.54, 1.807) is 7.11 Å². The van der Waals surface area contributed by atoms with Crippen molar-refractivity contribution in [2.45, 2.75) is 12.8 Å². The van der Waals surface area contributed by atoms with Crippen LogP contribution in [0.25, 0.3) is 5.70 Å². The van der Waals surface area contributed by atoms with Gasteiger partial charge in [0, 0.05) is 48.1 Å². The summed E-state index contributed by atoms with van der Waals surface area (Å²) in [6.07, 6.45) is 4.62. The maximum Gasteiger partial charge on any atom is 0.119 e. The molecule has 2 aromatic rings. The van der Waals surface area contributed by atoms with Gasteiger partial charge in [0.15, 0.2) is 0 Å². The van der Waals surface area contributed by atoms with E-state index in [-0.39, 0.29) is 0 Å². The fraction of sp³-hybridized carbons (Fsp3) is 0.333. The molecule has 0 saturated carbocycles. The molecule has 25 heavy (non-hydrogen) atoms. The minimum atomic E-state index is 0.802. The van der Waals surface area contributed by atoms with E-state index in [9.17, 15) is 0 Å². The molecule has 4 rings (SSSR count). The number of piperazine rings is 1. The SMILES string of the molecule is COc1ccc2c(c1)C(N1CCN(c3cccc(Cl)c3)CC1)=CCC2. The number of nitrogens with zero attached hydrogens (tertiary/aromatic N) is 2. The molecule has 1 aliphatic carbocycles. The molecule has 0 N–H and O–H groups in total. The molecule has 1 fully saturated rings. The Balaban J connectivity index is 1.51. The highest BCUT2D eigenvalue weighted by Crippen LogP contribution is 2.33. The summed E-state index contributed by atoms with van der Waals surface area (Å²) in [7, 11) is 1.73. The van der Waals surface area contributed by atoms with E-state index in [0.717, 1.165) is 49.8 Å². The average molecular weight is 355 g/mol. The summed E-state index contributed by atoms with van der Waals surface area (Å²) in [6.45, 7) is 4.07. The molecule has 1 aliphatic heterocycles. The topological polar surface area (TPSA) is 15.7 Å². The van der Waals surface area contributed by atoms with Crippen LogP contribution in [0.4, 0.5) is 5.69 Å². The number of ether oxygens (including phenoxy) is 1. The van der Waals surface area contributed by atoms with Gasteiger partial charge in [-0.2, -0.15) is 0 Å². The molecular formula is C21H23ClN2O. The third-order valence-corrected chi connectivity index (χ3v) is 5.37. The number of methoxy groups -OCH3 is 1. The van der Waals surface area contributed by atoms with Gasteiger partial charge in [-0.05, 0) is 48.7 Å². The van der Waals surface area contributed by atoms with Gasteiger partial charge in [0.2, 0.25) is 0 Å². The standard InChI is InChI=1S/C21H23ClN2O/c1-25-19-9-8-16-4-2-7-21(20(16)15-19)24-12-10-23(11-13-24)18-6-3-5-17(22)14-18/h3,5-9,14-15H,2,4,10-13H2,1H3. The first-order chi connectivity index (χ1) is 12.2. The van der Waals surface area contributed by atoms with Crippen LogP contribution >= 0.6 is 11.6 Å². The lowest BCUT2D eigenvalue weighted by molar-refractivity contribution is 0.365. The van der Waals surface area contributed by atoms with Crippen molar-refractivity contribution in [1.29, 1.82) is 0 Å². The van der Waals surface area contributed by atoms with E-state index in [1.807, 2.05) is 12.1 Å². The molecule has 2 aromatic carbocycles. The van der Waals surface area contributed by atoms with Crippen LogP contribution in [0.15, 0.2) is 48.5 Å². The van der Waals surface area contributed by atoms with Crippen molar-refractivity contribution < 1.29 is 4.74 Å². The Morgan fingerprint density at radius 2 is 1.76 bits per heavy atom. The van der Waals surface area contributed by atoms with Crippen molar-refractivity contribution in [3.05, 3.63) is 64.7 Å². The van der Waals surface area contributed by atoms with E-state index in [0.29, 0.717) is 0 Å². The van der Waals surface area contributed by atoms with Crippen LogP contribution in [0.3, 0.4) is 0 Å². The van der Waals surface area contributed by atoms with Crippen molar-refractivity contribution in [3.63, 3.8) is 0 Å². The lowest BCUT2D eigenvalue weighted by Gasteiger charge is -2.39. The van der Waals surface area contributed by atoms with Gasteiger partial charge >= 0.3 is 0 Å². The highest BCUT2D eigenvalue weighted by atomic mass is 35.5. The molecule has 130 valence electrons. The molecule has 0 amide bonds. The van der Waals surface area contributed by atoms with Crippen LogP contribution in [0, 0.1) is 0 Å². The molecule has 1 heterocycles. The molecule has 1 saturated heterocycles. The predicted octanol–water partition coefficient (Wildman–Crippen LogP) is 4.46. The Kier molecular flexibility index (Phi) is 4.58. The Hall–Kier alpha value is -2.13. The largest absolute Gasteiger partial charge is 0.497 e. The molecule has 4 heteroatoms. The highest BCUT2D eigenvalue weighted by molar-refractivity contribution is 6.30. The number of anilines is 1. The number of halogens is 1. The van der Waals surface area contributed by atoms with E-state index < -0.39 is 0 Å². The first kappa shape index (κ1) is 16.3. The quantitative estimate of drug-likeness (QED) is 0.809. The van der Waals surface area contributed by atoms with Crippen LogP contribution in [0.2, 0.25) is 5.02 Å². The smallest absolute Gasteiger partial charge is 0.119 e. The second-order valence-electron chi connectivity index (χ2n) is 6.61. The van der Waals surface area contributed by atoms with Gasteiger partial charge in [-0.25, -0.2) is 0 Å².